The summed E-state index contributed by atoms with van der Waals surface area (Å²) < 4.78 is 12.0. The van der Waals surface area contributed by atoms with Gasteiger partial charge in [-0.2, -0.15) is 0 Å². The van der Waals surface area contributed by atoms with E-state index in [4.69, 9.17) is 9.47 Å². The Kier molecular flexibility index (Phi) is 3.63. The van der Waals surface area contributed by atoms with Crippen LogP contribution in [0.3, 0.4) is 0 Å². The summed E-state index contributed by atoms with van der Waals surface area (Å²) in [6.45, 7) is 7.86. The fourth-order valence-electron chi connectivity index (χ4n) is 3.19. The highest BCUT2D eigenvalue weighted by molar-refractivity contribution is 5.82. The van der Waals surface area contributed by atoms with Crippen LogP contribution in [0.25, 0.3) is 0 Å². The van der Waals surface area contributed by atoms with Crippen molar-refractivity contribution in [3.05, 3.63) is 30.3 Å². The minimum absolute atomic E-state index is 0.726. The second kappa shape index (κ2) is 5.82. The predicted molar refractivity (Wildman–Crippen MR) is 98.6 cm³/mol. The molecule has 2 aliphatic rings. The molecular weight excluding hydrogens is 302 g/mol. The van der Waals surface area contributed by atoms with Gasteiger partial charge in [0.1, 0.15) is 12.4 Å². The summed E-state index contributed by atoms with van der Waals surface area (Å²) in [5.41, 5.74) is 4.20. The van der Waals surface area contributed by atoms with E-state index in [1.807, 2.05) is 6.07 Å². The maximum absolute atomic E-state index is 6.20. The first-order valence-corrected chi connectivity index (χ1v) is 8.55. The summed E-state index contributed by atoms with van der Waals surface area (Å²) in [4.78, 5) is 4.51. The van der Waals surface area contributed by atoms with Crippen LogP contribution >= 0.6 is 0 Å². The van der Waals surface area contributed by atoms with Crippen LogP contribution in [0, 0.1) is 0 Å². The van der Waals surface area contributed by atoms with E-state index < -0.39 is 0 Å². The number of hydrogen-bond donors (Lipinski definition) is 1. The molecule has 5 nitrogen and oxygen atoms in total. The zero-order valence-electron chi connectivity index (χ0n) is 14.4. The summed E-state index contributed by atoms with van der Waals surface area (Å²) >= 11 is 0. The second-order valence-corrected chi connectivity index (χ2v) is 6.17. The third-order valence-electron chi connectivity index (χ3n) is 4.77. The number of fused-ring (bicyclic) bond motifs is 3. The van der Waals surface area contributed by atoms with Crippen molar-refractivity contribution in [2.24, 2.45) is 0 Å². The summed E-state index contributed by atoms with van der Waals surface area (Å²) in [6, 6.07) is 10.4. The molecule has 0 radical (unpaired) electrons. The molecule has 1 N–H and O–H groups in total. The topological polar surface area (TPSA) is 37.0 Å². The van der Waals surface area contributed by atoms with Gasteiger partial charge >= 0.3 is 0 Å². The van der Waals surface area contributed by atoms with Crippen LogP contribution < -0.4 is 24.6 Å². The third-order valence-corrected chi connectivity index (χ3v) is 4.77. The molecule has 126 valence electrons. The van der Waals surface area contributed by atoms with Crippen molar-refractivity contribution in [3.8, 4) is 17.2 Å². The molecule has 0 saturated heterocycles. The summed E-state index contributed by atoms with van der Waals surface area (Å²) in [5, 5.41) is 3.47. The minimum atomic E-state index is 0.726. The molecule has 2 heterocycles. The molecule has 4 rings (SSSR count). The van der Waals surface area contributed by atoms with Gasteiger partial charge in [-0.25, -0.2) is 0 Å². The highest BCUT2D eigenvalue weighted by Gasteiger charge is 2.24. The third kappa shape index (κ3) is 2.40. The van der Waals surface area contributed by atoms with Crippen LogP contribution in [0.4, 0.5) is 22.7 Å². The van der Waals surface area contributed by atoms with Crippen molar-refractivity contribution in [2.45, 2.75) is 13.8 Å². The molecule has 2 aromatic rings. The van der Waals surface area contributed by atoms with E-state index in [2.05, 4.69) is 60.3 Å². The fraction of sp³-hybridized carbons (Fsp3) is 0.368. The Labute approximate surface area is 142 Å². The lowest BCUT2D eigenvalue weighted by atomic mass is 10.1. The van der Waals surface area contributed by atoms with E-state index in [9.17, 15) is 0 Å². The Morgan fingerprint density at radius 3 is 2.71 bits per heavy atom. The highest BCUT2D eigenvalue weighted by Crippen LogP contribution is 2.48. The largest absolute Gasteiger partial charge is 0.489 e. The maximum Gasteiger partial charge on any atom is 0.153 e. The highest BCUT2D eigenvalue weighted by atomic mass is 16.5. The van der Waals surface area contributed by atoms with E-state index in [0.29, 0.717) is 0 Å². The van der Waals surface area contributed by atoms with E-state index in [1.165, 1.54) is 0 Å². The van der Waals surface area contributed by atoms with Crippen LogP contribution in [-0.4, -0.2) is 33.3 Å². The second-order valence-electron chi connectivity index (χ2n) is 6.17. The standard InChI is InChI=1S/C19H23N3O2/c1-4-21(3)13-6-7-14-17(10-13)24-18-12-16-19(11-15(18)20-14)23-9-8-22(16)5-2/h6-7,10-12,20H,4-5,8-9H2,1-3H3. The molecule has 0 aliphatic carbocycles. The SMILES string of the molecule is CCN(C)c1ccc2c(c1)Oc1cc3c(cc1N2)OCCN3CC. The number of nitrogens with one attached hydrogen (secondary N) is 1. The predicted octanol–water partition coefficient (Wildman–Crippen LogP) is 4.21. The number of hydrogen-bond acceptors (Lipinski definition) is 5. The monoisotopic (exact) mass is 325 g/mol. The van der Waals surface area contributed by atoms with Gasteiger partial charge in [0.2, 0.25) is 0 Å². The summed E-state index contributed by atoms with van der Waals surface area (Å²) in [7, 11) is 2.08. The zero-order valence-corrected chi connectivity index (χ0v) is 14.4. The molecule has 0 fully saturated rings. The first kappa shape index (κ1) is 15.0. The molecule has 0 amide bonds. The van der Waals surface area contributed by atoms with Crippen molar-refractivity contribution >= 4 is 22.7 Å². The van der Waals surface area contributed by atoms with Crippen LogP contribution in [0.1, 0.15) is 13.8 Å². The molecule has 24 heavy (non-hydrogen) atoms. The van der Waals surface area contributed by atoms with Gasteiger partial charge in [-0.05, 0) is 26.0 Å². The Hall–Kier alpha value is -2.56. The van der Waals surface area contributed by atoms with Crippen LogP contribution in [0.15, 0.2) is 30.3 Å². The smallest absolute Gasteiger partial charge is 0.153 e. The Bertz CT molecular complexity index is 775. The Morgan fingerprint density at radius 2 is 1.92 bits per heavy atom. The lowest BCUT2D eigenvalue weighted by Crippen LogP contribution is -2.32. The Balaban J connectivity index is 1.71. The zero-order chi connectivity index (χ0) is 16.7. The van der Waals surface area contributed by atoms with Gasteiger partial charge in [-0.3, -0.25) is 0 Å². The average Bonchev–Trinajstić information content (AvgIpc) is 2.63. The van der Waals surface area contributed by atoms with Crippen molar-refractivity contribution in [2.75, 3.05) is 48.4 Å². The van der Waals surface area contributed by atoms with Gasteiger partial charge in [0.25, 0.3) is 0 Å². The van der Waals surface area contributed by atoms with E-state index >= 15 is 0 Å². The lowest BCUT2D eigenvalue weighted by molar-refractivity contribution is 0.308. The number of likely N-dealkylation sites (N-methyl/N-ethyl adjacent to an activating group) is 1. The summed E-state index contributed by atoms with van der Waals surface area (Å²) in [5.74, 6) is 2.63. The summed E-state index contributed by atoms with van der Waals surface area (Å²) in [6.07, 6.45) is 0. The fourth-order valence-corrected chi connectivity index (χ4v) is 3.19. The van der Waals surface area contributed by atoms with Gasteiger partial charge in [-0.1, -0.05) is 0 Å². The van der Waals surface area contributed by atoms with Gasteiger partial charge in [0.15, 0.2) is 11.5 Å². The van der Waals surface area contributed by atoms with E-state index in [1.54, 1.807) is 0 Å². The minimum Gasteiger partial charge on any atom is -0.489 e. The molecular formula is C19H23N3O2. The number of rotatable bonds is 3. The van der Waals surface area contributed by atoms with Crippen LogP contribution in [0.2, 0.25) is 0 Å². The molecule has 0 atom stereocenters. The molecule has 2 aliphatic heterocycles. The number of benzene rings is 2. The first-order chi connectivity index (χ1) is 11.7. The first-order valence-electron chi connectivity index (χ1n) is 8.55. The van der Waals surface area contributed by atoms with Crippen LogP contribution in [-0.2, 0) is 0 Å². The number of anilines is 4. The maximum atomic E-state index is 6.20. The van der Waals surface area contributed by atoms with Crippen LogP contribution in [0.5, 0.6) is 17.2 Å². The normalized spacial score (nSPS) is 14.5. The lowest BCUT2D eigenvalue weighted by Gasteiger charge is -2.32. The van der Waals surface area contributed by atoms with Crippen molar-refractivity contribution in [3.63, 3.8) is 0 Å². The van der Waals surface area contributed by atoms with Gasteiger partial charge in [0.05, 0.1) is 23.6 Å². The van der Waals surface area contributed by atoms with Crippen molar-refractivity contribution in [1.29, 1.82) is 0 Å². The molecule has 0 bridgehead atoms. The number of nitrogens with zero attached hydrogens (tertiary/aromatic N) is 2. The quantitative estimate of drug-likeness (QED) is 0.781. The molecule has 0 spiro atoms. The number of ether oxygens (including phenoxy) is 2. The molecule has 0 saturated carbocycles. The van der Waals surface area contributed by atoms with Gasteiger partial charge < -0.3 is 24.6 Å². The Morgan fingerprint density at radius 1 is 1.08 bits per heavy atom. The molecule has 0 aromatic heterocycles. The average molecular weight is 325 g/mol. The van der Waals surface area contributed by atoms with Gasteiger partial charge in [-0.15, -0.1) is 0 Å². The molecule has 0 unspecified atom stereocenters. The van der Waals surface area contributed by atoms with Crippen molar-refractivity contribution < 1.29 is 9.47 Å². The molecule has 2 aromatic carbocycles. The van der Waals surface area contributed by atoms with Gasteiger partial charge in [0, 0.05) is 44.0 Å². The molecule has 5 heteroatoms. The van der Waals surface area contributed by atoms with E-state index in [0.717, 1.165) is 66.2 Å². The van der Waals surface area contributed by atoms with E-state index in [-0.39, 0.29) is 0 Å². The van der Waals surface area contributed by atoms with Crippen molar-refractivity contribution in [1.82, 2.24) is 0 Å².